The minimum atomic E-state index is -1.42. The lowest BCUT2D eigenvalue weighted by Gasteiger charge is -2.42. The second-order valence-corrected chi connectivity index (χ2v) is 9.86. The summed E-state index contributed by atoms with van der Waals surface area (Å²) in [7, 11) is 0. The van der Waals surface area contributed by atoms with Crippen molar-refractivity contribution < 1.29 is 34.4 Å². The van der Waals surface area contributed by atoms with Crippen molar-refractivity contribution in [1.29, 1.82) is 0 Å². The van der Waals surface area contributed by atoms with E-state index in [0.717, 1.165) is 0 Å². The first kappa shape index (κ1) is 25.1. The summed E-state index contributed by atoms with van der Waals surface area (Å²) in [6.07, 6.45) is -3.13. The van der Waals surface area contributed by atoms with E-state index in [1.807, 2.05) is 0 Å². The van der Waals surface area contributed by atoms with Gasteiger partial charge in [-0.3, -0.25) is 9.69 Å². The Bertz CT molecular complexity index is 1070. The number of ether oxygens (including phenoxy) is 2. The number of aliphatic hydroxyl groups is 3. The van der Waals surface area contributed by atoms with E-state index in [0.29, 0.717) is 16.9 Å². The summed E-state index contributed by atoms with van der Waals surface area (Å²) in [5.41, 5.74) is 0.504. The number of hydrogen-bond donors (Lipinski definition) is 6. The Balaban J connectivity index is 1.44. The summed E-state index contributed by atoms with van der Waals surface area (Å²) in [5, 5.41) is 37.5. The Kier molecular flexibility index (Phi) is 6.86. The molecule has 0 unspecified atom stereocenters. The van der Waals surface area contributed by atoms with E-state index in [1.54, 1.807) is 40.0 Å². The average Bonchev–Trinajstić information content (AvgIpc) is 3.41. The molecule has 35 heavy (non-hydrogen) atoms. The van der Waals surface area contributed by atoms with E-state index >= 15 is 0 Å². The smallest absolute Gasteiger partial charge is 0.411 e. The lowest BCUT2D eigenvalue weighted by molar-refractivity contribution is -0.173. The molecule has 2 aromatic rings. The first-order valence-electron chi connectivity index (χ1n) is 11.5. The number of hydrogen-bond acceptors (Lipinski definition) is 10. The number of H-pyrrole nitrogens is 1. The highest BCUT2D eigenvalue weighted by molar-refractivity contribution is 5.87. The van der Waals surface area contributed by atoms with Gasteiger partial charge in [-0.25, -0.2) is 14.8 Å². The number of aromatic nitrogens is 3. The number of rotatable bonds is 4. The SMILES string of the molecule is C[C@@H]1O[C@H](Nc2ncnc3cc[nH]c23)[C@H](O)[C@H](O)[C@H]1NC(=O)[C@H]1[C@@H](O)CCN1C(=O)OC(C)(C)C. The number of aromatic amines is 1. The molecule has 4 heterocycles. The number of anilines is 1. The fourth-order valence-corrected chi connectivity index (χ4v) is 4.37. The average molecular weight is 493 g/mol. The van der Waals surface area contributed by atoms with Crippen molar-refractivity contribution in [2.45, 2.75) is 82.4 Å². The zero-order valence-electron chi connectivity index (χ0n) is 20.0. The van der Waals surface area contributed by atoms with Gasteiger partial charge in [-0.15, -0.1) is 0 Å². The zero-order chi connectivity index (χ0) is 25.5. The number of nitrogens with one attached hydrogen (secondary N) is 3. The van der Waals surface area contributed by atoms with E-state index in [4.69, 9.17) is 9.47 Å². The van der Waals surface area contributed by atoms with E-state index in [-0.39, 0.29) is 13.0 Å². The molecule has 2 amide bonds. The molecule has 7 atom stereocenters. The number of carbonyl (C=O) groups excluding carboxylic acids is 2. The maximum atomic E-state index is 13.1. The Morgan fingerprint density at radius 2 is 1.97 bits per heavy atom. The fourth-order valence-electron chi connectivity index (χ4n) is 4.37. The third-order valence-corrected chi connectivity index (χ3v) is 6.09. The van der Waals surface area contributed by atoms with Crippen molar-refractivity contribution in [1.82, 2.24) is 25.2 Å². The first-order valence-corrected chi connectivity index (χ1v) is 11.5. The van der Waals surface area contributed by atoms with E-state index < -0.39 is 60.3 Å². The molecule has 6 N–H and O–H groups in total. The molecule has 0 radical (unpaired) electrons. The van der Waals surface area contributed by atoms with Gasteiger partial charge in [0.05, 0.1) is 23.8 Å². The standard InChI is InChI=1S/C22H32N6O7/c1-10-13(26-19(32)15-12(29)6-8-28(15)21(33)35-22(2,3)4)16(30)17(31)20(34-10)27-18-14-11(5-7-23-14)24-9-25-18/h5,7,9-10,12-13,15-17,20,23,29-31H,6,8H2,1-4H3,(H,26,32)(H,24,25,27)/t10-,12-,13-,15+,16+,17+,20-/m0/s1. The van der Waals surface area contributed by atoms with Crippen LogP contribution >= 0.6 is 0 Å². The van der Waals surface area contributed by atoms with Crippen LogP contribution in [0.5, 0.6) is 0 Å². The van der Waals surface area contributed by atoms with Gasteiger partial charge in [0.15, 0.2) is 12.0 Å². The van der Waals surface area contributed by atoms with E-state index in [1.165, 1.54) is 11.2 Å². The molecule has 13 nitrogen and oxygen atoms in total. The van der Waals surface area contributed by atoms with Crippen molar-refractivity contribution in [2.75, 3.05) is 11.9 Å². The second kappa shape index (κ2) is 9.57. The highest BCUT2D eigenvalue weighted by Gasteiger charge is 2.47. The van der Waals surface area contributed by atoms with Gasteiger partial charge in [0.2, 0.25) is 5.91 Å². The van der Waals surface area contributed by atoms with Crippen LogP contribution in [0.15, 0.2) is 18.6 Å². The first-order chi connectivity index (χ1) is 16.5. The van der Waals surface area contributed by atoms with Gasteiger partial charge in [0, 0.05) is 12.7 Å². The molecule has 0 aromatic carbocycles. The summed E-state index contributed by atoms with van der Waals surface area (Å²) >= 11 is 0. The predicted molar refractivity (Wildman–Crippen MR) is 123 cm³/mol. The molecule has 2 aromatic heterocycles. The molecule has 192 valence electrons. The molecule has 0 saturated carbocycles. The van der Waals surface area contributed by atoms with Gasteiger partial charge >= 0.3 is 6.09 Å². The maximum Gasteiger partial charge on any atom is 0.411 e. The van der Waals surface area contributed by atoms with Crippen LogP contribution in [-0.4, -0.2) is 102 Å². The van der Waals surface area contributed by atoms with Crippen LogP contribution in [0.1, 0.15) is 34.1 Å². The fraction of sp³-hybridized carbons (Fsp3) is 0.636. The topological polar surface area (TPSA) is 182 Å². The van der Waals surface area contributed by atoms with Gasteiger partial charge in [-0.1, -0.05) is 0 Å². The summed E-state index contributed by atoms with van der Waals surface area (Å²) in [4.78, 5) is 38.1. The number of nitrogens with zero attached hydrogens (tertiary/aromatic N) is 3. The number of amides is 2. The minimum Gasteiger partial charge on any atom is -0.444 e. The van der Waals surface area contributed by atoms with Gasteiger partial charge in [-0.2, -0.15) is 0 Å². The highest BCUT2D eigenvalue weighted by Crippen LogP contribution is 2.26. The monoisotopic (exact) mass is 492 g/mol. The number of carbonyl (C=O) groups is 2. The number of likely N-dealkylation sites (tertiary alicyclic amines) is 1. The molecule has 0 spiro atoms. The minimum absolute atomic E-state index is 0.147. The van der Waals surface area contributed by atoms with Crippen LogP contribution in [-0.2, 0) is 14.3 Å². The Morgan fingerprint density at radius 3 is 2.69 bits per heavy atom. The van der Waals surface area contributed by atoms with Gasteiger partial charge < -0.3 is 40.4 Å². The van der Waals surface area contributed by atoms with Crippen molar-refractivity contribution in [2.24, 2.45) is 0 Å². The van der Waals surface area contributed by atoms with Crippen LogP contribution in [0.2, 0.25) is 0 Å². The van der Waals surface area contributed by atoms with Crippen molar-refractivity contribution >= 4 is 28.9 Å². The summed E-state index contributed by atoms with van der Waals surface area (Å²) in [5.74, 6) is -0.295. The van der Waals surface area contributed by atoms with E-state index in [9.17, 15) is 24.9 Å². The quantitative estimate of drug-likeness (QED) is 0.331. The molecule has 2 aliphatic heterocycles. The van der Waals surface area contributed by atoms with Crippen LogP contribution < -0.4 is 10.6 Å². The summed E-state index contributed by atoms with van der Waals surface area (Å²) in [6.45, 7) is 6.90. The van der Waals surface area contributed by atoms with Crippen molar-refractivity contribution in [3.8, 4) is 0 Å². The Labute approximate surface area is 201 Å². The molecule has 13 heteroatoms. The Morgan fingerprint density at radius 1 is 1.23 bits per heavy atom. The van der Waals surface area contributed by atoms with Gasteiger partial charge in [0.25, 0.3) is 0 Å². The predicted octanol–water partition coefficient (Wildman–Crippen LogP) is -0.308. The lowest BCUT2D eigenvalue weighted by atomic mass is 9.95. The number of aliphatic hydroxyl groups excluding tert-OH is 3. The van der Waals surface area contributed by atoms with E-state index in [2.05, 4.69) is 25.6 Å². The highest BCUT2D eigenvalue weighted by atomic mass is 16.6. The second-order valence-electron chi connectivity index (χ2n) is 9.86. The lowest BCUT2D eigenvalue weighted by Crippen LogP contribution is -2.66. The van der Waals surface area contributed by atoms with Gasteiger partial charge in [-0.05, 0) is 40.2 Å². The molecule has 2 fully saturated rings. The zero-order valence-corrected chi connectivity index (χ0v) is 20.0. The van der Waals surface area contributed by atoms with Crippen LogP contribution in [0.3, 0.4) is 0 Å². The summed E-state index contributed by atoms with van der Waals surface area (Å²) in [6, 6.07) is -0.430. The third kappa shape index (κ3) is 5.17. The molecular formula is C22H32N6O7. The number of fused-ring (bicyclic) bond motifs is 1. The molecule has 4 rings (SSSR count). The van der Waals surface area contributed by atoms with Crippen molar-refractivity contribution in [3.63, 3.8) is 0 Å². The third-order valence-electron chi connectivity index (χ3n) is 6.09. The largest absolute Gasteiger partial charge is 0.444 e. The molecule has 0 bridgehead atoms. The Hall–Kier alpha value is -3.00. The van der Waals surface area contributed by atoms with Crippen LogP contribution in [0.25, 0.3) is 11.0 Å². The molecular weight excluding hydrogens is 460 g/mol. The molecule has 2 aliphatic rings. The van der Waals surface area contributed by atoms with Crippen molar-refractivity contribution in [3.05, 3.63) is 18.6 Å². The van der Waals surface area contributed by atoms with Gasteiger partial charge in [0.1, 0.15) is 35.7 Å². The maximum absolute atomic E-state index is 13.1. The normalized spacial score (nSPS) is 31.4. The molecule has 0 aliphatic carbocycles. The van der Waals surface area contributed by atoms with Crippen LogP contribution in [0.4, 0.5) is 10.6 Å². The van der Waals surface area contributed by atoms with Crippen LogP contribution in [0, 0.1) is 0 Å². The summed E-state index contributed by atoms with van der Waals surface area (Å²) < 4.78 is 11.2. The molecule has 2 saturated heterocycles.